The number of carboxylic acids is 1. The summed E-state index contributed by atoms with van der Waals surface area (Å²) < 4.78 is 0. The highest BCUT2D eigenvalue weighted by Gasteiger charge is 2.09. The summed E-state index contributed by atoms with van der Waals surface area (Å²) in [5.74, 6) is 0.497. The van der Waals surface area contributed by atoms with Gasteiger partial charge in [-0.25, -0.2) is 14.8 Å². The number of thioether (sulfide) groups is 1. The minimum atomic E-state index is -1.00. The minimum absolute atomic E-state index is 0.0687. The Hall–Kier alpha value is -1.10. The number of carboxylic acid groups (broad SMARTS) is 1. The number of carbonyl (C=O) groups is 1. The Kier molecular flexibility index (Phi) is 4.73. The smallest absolute Gasteiger partial charge is 0.354 e. The highest BCUT2D eigenvalue weighted by molar-refractivity contribution is 7.99. The lowest BCUT2D eigenvalue weighted by atomic mass is 10.2. The van der Waals surface area contributed by atoms with E-state index in [9.17, 15) is 4.79 Å². The molecule has 0 saturated carbocycles. The standard InChI is InChI=1S/C11H16N2O2S/c1-4-7(2)6-16-11-12-8(3)5-9(13-11)10(14)15/h5,7H,4,6H2,1-3H3,(H,14,15). The van der Waals surface area contributed by atoms with Crippen molar-refractivity contribution in [1.82, 2.24) is 9.97 Å². The van der Waals surface area contributed by atoms with Crippen LogP contribution in [0.15, 0.2) is 11.2 Å². The van der Waals surface area contributed by atoms with Gasteiger partial charge in [-0.2, -0.15) is 0 Å². The lowest BCUT2D eigenvalue weighted by Gasteiger charge is -2.07. The van der Waals surface area contributed by atoms with Crippen LogP contribution in [0.2, 0.25) is 0 Å². The Morgan fingerprint density at radius 3 is 2.81 bits per heavy atom. The van der Waals surface area contributed by atoms with E-state index in [1.165, 1.54) is 17.8 Å². The van der Waals surface area contributed by atoms with Crippen LogP contribution < -0.4 is 0 Å². The summed E-state index contributed by atoms with van der Waals surface area (Å²) in [6.07, 6.45) is 1.10. The van der Waals surface area contributed by atoms with Crippen LogP contribution in [0.5, 0.6) is 0 Å². The molecule has 88 valence electrons. The molecule has 0 fully saturated rings. The maximum absolute atomic E-state index is 10.8. The van der Waals surface area contributed by atoms with Gasteiger partial charge in [-0.15, -0.1) is 0 Å². The molecule has 1 aromatic heterocycles. The highest BCUT2D eigenvalue weighted by Crippen LogP contribution is 2.19. The van der Waals surface area contributed by atoms with E-state index in [-0.39, 0.29) is 5.69 Å². The summed E-state index contributed by atoms with van der Waals surface area (Å²) >= 11 is 1.51. The van der Waals surface area contributed by atoms with E-state index in [1.54, 1.807) is 6.92 Å². The topological polar surface area (TPSA) is 63.1 Å². The monoisotopic (exact) mass is 240 g/mol. The first-order chi connectivity index (χ1) is 7.52. The molecule has 16 heavy (non-hydrogen) atoms. The van der Waals surface area contributed by atoms with Gasteiger partial charge >= 0.3 is 5.97 Å². The molecule has 1 rings (SSSR count). The van der Waals surface area contributed by atoms with Gasteiger partial charge in [0.15, 0.2) is 10.9 Å². The van der Waals surface area contributed by atoms with E-state index in [4.69, 9.17) is 5.11 Å². The molecule has 4 nitrogen and oxygen atoms in total. The number of hydrogen-bond acceptors (Lipinski definition) is 4. The highest BCUT2D eigenvalue weighted by atomic mass is 32.2. The summed E-state index contributed by atoms with van der Waals surface area (Å²) in [4.78, 5) is 19.0. The van der Waals surface area contributed by atoms with E-state index < -0.39 is 5.97 Å². The third-order valence-electron chi connectivity index (χ3n) is 2.25. The average Bonchev–Trinajstić information content (AvgIpc) is 2.25. The molecule has 1 unspecified atom stereocenters. The van der Waals surface area contributed by atoms with Crippen LogP contribution >= 0.6 is 11.8 Å². The Balaban J connectivity index is 2.76. The number of aromatic carboxylic acids is 1. The van der Waals surface area contributed by atoms with Crippen molar-refractivity contribution in [2.45, 2.75) is 32.3 Å². The predicted octanol–water partition coefficient (Wildman–Crippen LogP) is 2.62. The number of aryl methyl sites for hydroxylation is 1. The van der Waals surface area contributed by atoms with Gasteiger partial charge in [-0.05, 0) is 18.9 Å². The Morgan fingerprint density at radius 2 is 2.25 bits per heavy atom. The lowest BCUT2D eigenvalue weighted by molar-refractivity contribution is 0.0689. The molecule has 0 aliphatic carbocycles. The van der Waals surface area contributed by atoms with Gasteiger partial charge in [0, 0.05) is 11.4 Å². The third-order valence-corrected chi connectivity index (χ3v) is 3.42. The van der Waals surface area contributed by atoms with E-state index in [1.807, 2.05) is 0 Å². The van der Waals surface area contributed by atoms with Crippen LogP contribution in [0.4, 0.5) is 0 Å². The maximum atomic E-state index is 10.8. The molecule has 0 aliphatic rings. The van der Waals surface area contributed by atoms with Crippen molar-refractivity contribution < 1.29 is 9.90 Å². The molecule has 0 spiro atoms. The lowest BCUT2D eigenvalue weighted by Crippen LogP contribution is -2.05. The molecular weight excluding hydrogens is 224 g/mol. The first-order valence-corrected chi connectivity index (χ1v) is 6.23. The maximum Gasteiger partial charge on any atom is 0.354 e. The number of hydrogen-bond donors (Lipinski definition) is 1. The fraction of sp³-hybridized carbons (Fsp3) is 0.545. The zero-order valence-corrected chi connectivity index (χ0v) is 10.5. The third kappa shape index (κ3) is 3.81. The van der Waals surface area contributed by atoms with Gasteiger partial charge in [0.1, 0.15) is 0 Å². The average molecular weight is 240 g/mol. The first-order valence-electron chi connectivity index (χ1n) is 5.24. The molecule has 0 bridgehead atoms. The zero-order chi connectivity index (χ0) is 12.1. The minimum Gasteiger partial charge on any atom is -0.477 e. The van der Waals surface area contributed by atoms with Crippen molar-refractivity contribution in [3.8, 4) is 0 Å². The van der Waals surface area contributed by atoms with Crippen LogP contribution in [-0.4, -0.2) is 26.8 Å². The van der Waals surface area contributed by atoms with Gasteiger partial charge < -0.3 is 5.11 Å². The van der Waals surface area contributed by atoms with E-state index in [2.05, 4.69) is 23.8 Å². The fourth-order valence-electron chi connectivity index (χ4n) is 1.05. The van der Waals surface area contributed by atoms with Crippen molar-refractivity contribution in [3.63, 3.8) is 0 Å². The van der Waals surface area contributed by atoms with Crippen LogP contribution in [0.25, 0.3) is 0 Å². The van der Waals surface area contributed by atoms with E-state index in [0.717, 1.165) is 12.2 Å². The molecule has 1 aromatic rings. The molecule has 1 heterocycles. The molecule has 0 aliphatic heterocycles. The van der Waals surface area contributed by atoms with Crippen LogP contribution in [0, 0.1) is 12.8 Å². The molecule has 0 amide bonds. The summed E-state index contributed by atoms with van der Waals surface area (Å²) in [6, 6.07) is 1.48. The second-order valence-electron chi connectivity index (χ2n) is 3.81. The Morgan fingerprint density at radius 1 is 1.56 bits per heavy atom. The molecule has 0 saturated heterocycles. The molecule has 0 aromatic carbocycles. The van der Waals surface area contributed by atoms with E-state index in [0.29, 0.717) is 16.8 Å². The van der Waals surface area contributed by atoms with Gasteiger partial charge in [-0.1, -0.05) is 32.0 Å². The van der Waals surface area contributed by atoms with Crippen LogP contribution in [0.1, 0.15) is 36.5 Å². The Bertz CT molecular complexity index is 382. The van der Waals surface area contributed by atoms with Gasteiger partial charge in [0.25, 0.3) is 0 Å². The molecule has 0 radical (unpaired) electrons. The summed E-state index contributed by atoms with van der Waals surface area (Å²) in [5.41, 5.74) is 0.762. The number of rotatable bonds is 5. The molecular formula is C11H16N2O2S. The Labute approximate surface area is 99.5 Å². The van der Waals surface area contributed by atoms with Crippen molar-refractivity contribution in [2.24, 2.45) is 5.92 Å². The van der Waals surface area contributed by atoms with Crippen LogP contribution in [0.3, 0.4) is 0 Å². The van der Waals surface area contributed by atoms with Crippen LogP contribution in [-0.2, 0) is 0 Å². The second kappa shape index (κ2) is 5.84. The van der Waals surface area contributed by atoms with Crippen molar-refractivity contribution in [2.75, 3.05) is 5.75 Å². The molecule has 1 atom stereocenters. The van der Waals surface area contributed by atoms with Crippen molar-refractivity contribution in [3.05, 3.63) is 17.5 Å². The SMILES string of the molecule is CCC(C)CSc1nc(C)cc(C(=O)O)n1. The van der Waals surface area contributed by atoms with Gasteiger partial charge in [0.2, 0.25) is 0 Å². The molecule has 5 heteroatoms. The quantitative estimate of drug-likeness (QED) is 0.633. The summed E-state index contributed by atoms with van der Waals surface area (Å²) in [7, 11) is 0. The predicted molar refractivity (Wildman–Crippen MR) is 63.9 cm³/mol. The summed E-state index contributed by atoms with van der Waals surface area (Å²) in [5, 5.41) is 9.41. The van der Waals surface area contributed by atoms with Gasteiger partial charge in [0.05, 0.1) is 0 Å². The number of nitrogens with zero attached hydrogens (tertiary/aromatic N) is 2. The van der Waals surface area contributed by atoms with E-state index >= 15 is 0 Å². The summed E-state index contributed by atoms with van der Waals surface area (Å²) in [6.45, 7) is 6.06. The first kappa shape index (κ1) is 13.0. The largest absolute Gasteiger partial charge is 0.477 e. The van der Waals surface area contributed by atoms with Gasteiger partial charge in [-0.3, -0.25) is 0 Å². The zero-order valence-electron chi connectivity index (χ0n) is 9.73. The normalized spacial score (nSPS) is 12.4. The second-order valence-corrected chi connectivity index (χ2v) is 4.79. The molecule has 1 N–H and O–H groups in total. The number of aromatic nitrogens is 2. The fourth-order valence-corrected chi connectivity index (χ4v) is 2.09. The van der Waals surface area contributed by atoms with Crippen molar-refractivity contribution >= 4 is 17.7 Å². The van der Waals surface area contributed by atoms with Crippen molar-refractivity contribution in [1.29, 1.82) is 0 Å².